The molecule has 5 aliphatic heterocycles. The van der Waals surface area contributed by atoms with Crippen LogP contribution in [0.1, 0.15) is 89.1 Å². The average Bonchev–Trinajstić information content (AvgIpc) is 3.94. The maximum absolute atomic E-state index is 15.6. The molecule has 13 nitrogen and oxygen atoms in total. The fourth-order valence-electron chi connectivity index (χ4n) is 13.7. The molecular weight excluding hydrogens is 853 g/mol. The second kappa shape index (κ2) is 16.3. The summed E-state index contributed by atoms with van der Waals surface area (Å²) in [6.07, 6.45) is 5.91. The maximum Gasteiger partial charge on any atom is 0.344 e. The number of piperidine rings is 1. The van der Waals surface area contributed by atoms with E-state index in [1.54, 1.807) is 28.7 Å². The SMILES string of the molecule is CC[C@]1(O)C[C@H]2CN(CCc3c([nH]c4ccc(SSC(C)C)cc34)[C@@](C(=O)OC)(c3cc4c(cc3OC)N(C)C3[C@]45CCN4CC=C[C@@](CC)([C@@H](OC(C)=O)[C@]3(O)C(=O)OC)[C@H]45)C2)C1. The Balaban J connectivity index is 1.35. The van der Waals surface area contributed by atoms with Crippen LogP contribution in [0.15, 0.2) is 47.4 Å². The highest BCUT2D eigenvalue weighted by molar-refractivity contribution is 8.76. The molecule has 2 aromatic carbocycles. The first-order valence-electron chi connectivity index (χ1n) is 22.9. The number of carbonyl (C=O) groups is 3. The summed E-state index contributed by atoms with van der Waals surface area (Å²) in [6, 6.07) is 9.29. The maximum atomic E-state index is 15.6. The average molecular weight is 917 g/mol. The minimum absolute atomic E-state index is 0.114. The summed E-state index contributed by atoms with van der Waals surface area (Å²) < 4.78 is 24.1. The molecule has 9 rings (SSSR count). The van der Waals surface area contributed by atoms with Gasteiger partial charge in [-0.05, 0) is 86.4 Å². The van der Waals surface area contributed by atoms with Gasteiger partial charge in [-0.1, -0.05) is 61.4 Å². The van der Waals surface area contributed by atoms with E-state index in [9.17, 15) is 19.8 Å². The van der Waals surface area contributed by atoms with Gasteiger partial charge in [0.2, 0.25) is 5.60 Å². The number of likely N-dealkylation sites (N-methyl/N-ethyl adjacent to an activating group) is 1. The third-order valence-electron chi connectivity index (χ3n) is 16.0. The molecule has 2 saturated heterocycles. The molecule has 15 heteroatoms. The van der Waals surface area contributed by atoms with E-state index < -0.39 is 57.5 Å². The predicted molar refractivity (Wildman–Crippen MR) is 249 cm³/mol. The van der Waals surface area contributed by atoms with E-state index in [1.807, 2.05) is 31.9 Å². The largest absolute Gasteiger partial charge is 0.496 e. The molecule has 3 fully saturated rings. The number of ether oxygens (including phenoxy) is 4. The number of fused-ring (bicyclic) bond motifs is 6. The Bertz CT molecular complexity index is 2410. The highest BCUT2D eigenvalue weighted by atomic mass is 33.1. The topological polar surface area (TPSA) is 154 Å². The Morgan fingerprint density at radius 3 is 2.41 bits per heavy atom. The van der Waals surface area contributed by atoms with Crippen molar-refractivity contribution in [3.05, 3.63) is 64.9 Å². The van der Waals surface area contributed by atoms with Crippen LogP contribution in [0.5, 0.6) is 5.75 Å². The molecule has 3 N–H and O–H groups in total. The molecule has 10 atom stereocenters. The molecule has 6 heterocycles. The van der Waals surface area contributed by atoms with E-state index in [4.69, 9.17) is 18.9 Å². The Morgan fingerprint density at radius 1 is 0.969 bits per heavy atom. The summed E-state index contributed by atoms with van der Waals surface area (Å²) in [5.41, 5.74) is -1.69. The van der Waals surface area contributed by atoms with Crippen LogP contribution in [0.25, 0.3) is 10.9 Å². The Labute approximate surface area is 384 Å². The number of nitrogens with zero attached hydrogens (tertiary/aromatic N) is 3. The van der Waals surface area contributed by atoms with E-state index in [0.29, 0.717) is 87.8 Å². The summed E-state index contributed by atoms with van der Waals surface area (Å²) >= 11 is 0. The molecular formula is C49H64N4O9S2. The first-order chi connectivity index (χ1) is 30.5. The summed E-state index contributed by atoms with van der Waals surface area (Å²) in [6.45, 7) is 13.0. The van der Waals surface area contributed by atoms with E-state index in [-0.39, 0.29) is 12.0 Å². The molecule has 6 aliphatic rings. The fourth-order valence-corrected chi connectivity index (χ4v) is 15.6. The van der Waals surface area contributed by atoms with Gasteiger partial charge in [-0.2, -0.15) is 0 Å². The van der Waals surface area contributed by atoms with E-state index in [2.05, 4.69) is 65.0 Å². The second-order valence-corrected chi connectivity index (χ2v) is 22.4. The van der Waals surface area contributed by atoms with Gasteiger partial charge in [0.1, 0.15) is 11.2 Å². The van der Waals surface area contributed by atoms with Gasteiger partial charge in [0.05, 0.1) is 33.0 Å². The van der Waals surface area contributed by atoms with Gasteiger partial charge in [0.15, 0.2) is 6.10 Å². The molecule has 0 amide bonds. The van der Waals surface area contributed by atoms with Crippen LogP contribution in [0.2, 0.25) is 0 Å². The monoisotopic (exact) mass is 916 g/mol. The van der Waals surface area contributed by atoms with Crippen molar-refractivity contribution in [2.24, 2.45) is 11.3 Å². The van der Waals surface area contributed by atoms with Crippen LogP contribution < -0.4 is 9.64 Å². The molecule has 1 aliphatic carbocycles. The van der Waals surface area contributed by atoms with Crippen molar-refractivity contribution in [2.75, 3.05) is 66.0 Å². The van der Waals surface area contributed by atoms with E-state index in [0.717, 1.165) is 38.3 Å². The van der Waals surface area contributed by atoms with Crippen molar-refractivity contribution in [2.45, 2.75) is 124 Å². The van der Waals surface area contributed by atoms with Crippen molar-refractivity contribution < 1.29 is 43.5 Å². The summed E-state index contributed by atoms with van der Waals surface area (Å²) in [5, 5.41) is 27.0. The highest BCUT2D eigenvalue weighted by Gasteiger charge is 2.80. The zero-order chi connectivity index (χ0) is 45.7. The first kappa shape index (κ1) is 45.4. The zero-order valence-electron chi connectivity index (χ0n) is 38.6. The standard InChI is InChI=1S/C49H64N4O9S2/c1-10-45(57)24-30-25-48(43(55)60-8,39-32(15-19-52(26-30)27-45)33-21-31(64-63-28(3)4)13-14-36(33)50-39)35-22-34-37(23-38(35)59-7)51(6)41-47(34)17-20-53-18-12-16-46(11-2,40(47)53)42(62-29(5)54)49(41,58)44(56)61-9/h12-14,16,21-23,28,30,40-42,50,57-58H,10-11,15,17-20,24-27H2,1-9H3/t30-,40+,41?,42-,45+,46-,47-,48+,49+/m1/s1. The minimum Gasteiger partial charge on any atom is -0.496 e. The quantitative estimate of drug-likeness (QED) is 0.0924. The van der Waals surface area contributed by atoms with Crippen molar-refractivity contribution in [1.29, 1.82) is 0 Å². The first-order valence-corrected chi connectivity index (χ1v) is 25.1. The van der Waals surface area contributed by atoms with Crippen molar-refractivity contribution in [1.82, 2.24) is 14.8 Å². The number of H-pyrrole nitrogens is 1. The third-order valence-corrected chi connectivity index (χ3v) is 18.9. The van der Waals surface area contributed by atoms with Gasteiger partial charge in [0.25, 0.3) is 0 Å². The molecule has 3 aromatic rings. The van der Waals surface area contributed by atoms with Gasteiger partial charge in [-0.3, -0.25) is 19.4 Å². The normalized spacial score (nSPS) is 35.1. The van der Waals surface area contributed by atoms with Crippen molar-refractivity contribution >= 4 is 56.1 Å². The third kappa shape index (κ3) is 6.37. The van der Waals surface area contributed by atoms with Gasteiger partial charge in [-0.15, -0.1) is 0 Å². The number of aliphatic hydroxyl groups is 2. The lowest BCUT2D eigenvalue weighted by atomic mass is 9.47. The van der Waals surface area contributed by atoms with Crippen LogP contribution in [-0.4, -0.2) is 139 Å². The molecule has 0 radical (unpaired) electrons. The van der Waals surface area contributed by atoms with Crippen LogP contribution in [0.3, 0.4) is 0 Å². The summed E-state index contributed by atoms with van der Waals surface area (Å²) in [7, 11) is 9.74. The smallest absolute Gasteiger partial charge is 0.344 e. The van der Waals surface area contributed by atoms with Gasteiger partial charge >= 0.3 is 17.9 Å². The molecule has 1 saturated carbocycles. The molecule has 1 spiro atoms. The number of benzene rings is 2. The number of hydrogen-bond acceptors (Lipinski definition) is 14. The van der Waals surface area contributed by atoms with Gasteiger partial charge < -0.3 is 39.0 Å². The lowest BCUT2D eigenvalue weighted by Crippen LogP contribution is -2.81. The molecule has 64 heavy (non-hydrogen) atoms. The summed E-state index contributed by atoms with van der Waals surface area (Å²) in [4.78, 5) is 54.8. The Morgan fingerprint density at radius 2 is 1.73 bits per heavy atom. The number of methoxy groups -OCH3 is 3. The van der Waals surface area contributed by atoms with Crippen LogP contribution in [0.4, 0.5) is 5.69 Å². The molecule has 2 bridgehead atoms. The van der Waals surface area contributed by atoms with E-state index >= 15 is 4.79 Å². The zero-order valence-corrected chi connectivity index (χ0v) is 40.2. The fraction of sp³-hybridized carbons (Fsp3) is 0.612. The van der Waals surface area contributed by atoms with Crippen molar-refractivity contribution in [3.8, 4) is 5.75 Å². The number of rotatable bonds is 10. The van der Waals surface area contributed by atoms with Crippen LogP contribution in [0, 0.1) is 11.3 Å². The van der Waals surface area contributed by atoms with E-state index in [1.165, 1.54) is 21.1 Å². The number of aromatic amines is 1. The number of esters is 3. The molecule has 2 unspecified atom stereocenters. The number of nitrogens with one attached hydrogen (secondary N) is 1. The van der Waals surface area contributed by atoms with Gasteiger partial charge in [-0.25, -0.2) is 4.79 Å². The number of carbonyl (C=O) groups excluding carboxylic acids is 3. The highest BCUT2D eigenvalue weighted by Crippen LogP contribution is 2.68. The van der Waals surface area contributed by atoms with Crippen LogP contribution >= 0.6 is 21.6 Å². The lowest BCUT2D eigenvalue weighted by molar-refractivity contribution is -0.228. The number of anilines is 1. The number of hydrogen-bond donors (Lipinski definition) is 3. The predicted octanol–water partition coefficient (Wildman–Crippen LogP) is 6.14. The number of aromatic nitrogens is 1. The molecule has 1 aromatic heterocycles. The Hall–Kier alpha value is -3.73. The lowest BCUT2D eigenvalue weighted by Gasteiger charge is -2.63. The van der Waals surface area contributed by atoms with Gasteiger partial charge in [0, 0.05) is 101 Å². The second-order valence-electron chi connectivity index (χ2n) is 19.6. The Kier molecular flexibility index (Phi) is 11.5. The summed E-state index contributed by atoms with van der Waals surface area (Å²) in [5.74, 6) is -1.58. The minimum atomic E-state index is -2.31. The van der Waals surface area contributed by atoms with Crippen LogP contribution in [-0.2, 0) is 45.8 Å². The van der Waals surface area contributed by atoms with Crippen molar-refractivity contribution in [3.63, 3.8) is 0 Å². The molecule has 346 valence electrons.